The minimum atomic E-state index is -0.543. The summed E-state index contributed by atoms with van der Waals surface area (Å²) in [4.78, 5) is 3.75. The van der Waals surface area contributed by atoms with E-state index in [9.17, 15) is 8.78 Å². The molecule has 2 aliphatic rings. The van der Waals surface area contributed by atoms with Crippen LogP contribution < -0.4 is 9.64 Å². The van der Waals surface area contributed by atoms with Crippen LogP contribution in [0, 0.1) is 11.6 Å². The largest absolute Gasteiger partial charge is 0.489 e. The number of hydrogen-bond acceptors (Lipinski definition) is 5. The first kappa shape index (κ1) is 17.4. The maximum atomic E-state index is 14.4. The zero-order valence-corrected chi connectivity index (χ0v) is 14.2. The first-order valence-electron chi connectivity index (χ1n) is 8.28. The van der Waals surface area contributed by atoms with Gasteiger partial charge in [-0.15, -0.1) is 0 Å². The van der Waals surface area contributed by atoms with Crippen LogP contribution in [0.25, 0.3) is 0 Å². The van der Waals surface area contributed by atoms with Crippen molar-refractivity contribution in [1.82, 2.24) is 4.90 Å². The molecular weight excluding hydrogens is 318 g/mol. The number of rotatable bonds is 5. The van der Waals surface area contributed by atoms with Gasteiger partial charge in [-0.2, -0.15) is 0 Å². The molecule has 2 heterocycles. The van der Waals surface area contributed by atoms with Crippen LogP contribution in [0.5, 0.6) is 5.75 Å². The molecule has 0 radical (unpaired) electrons. The summed E-state index contributed by atoms with van der Waals surface area (Å²) in [6, 6.07) is 2.35. The molecule has 0 saturated carbocycles. The number of benzene rings is 1. The normalized spacial score (nSPS) is 20.1. The molecule has 0 N–H and O–H groups in total. The molecule has 2 aliphatic heterocycles. The quantitative estimate of drug-likeness (QED) is 0.820. The van der Waals surface area contributed by atoms with E-state index in [1.165, 1.54) is 6.07 Å². The molecule has 0 aliphatic carbocycles. The summed E-state index contributed by atoms with van der Waals surface area (Å²) in [7, 11) is 3.79. The average Bonchev–Trinajstić information content (AvgIpc) is 2.99. The Labute approximate surface area is 141 Å². The third kappa shape index (κ3) is 3.79. The summed E-state index contributed by atoms with van der Waals surface area (Å²) >= 11 is 0. The van der Waals surface area contributed by atoms with E-state index in [1.807, 2.05) is 23.9 Å². The second-order valence-electron chi connectivity index (χ2n) is 6.48. The highest BCUT2D eigenvalue weighted by molar-refractivity contribution is 5.51. The number of likely N-dealkylation sites (N-methyl/N-ethyl adjacent to an activating group) is 1. The highest BCUT2D eigenvalue weighted by Crippen LogP contribution is 2.35. The van der Waals surface area contributed by atoms with Crippen molar-refractivity contribution in [3.8, 4) is 5.75 Å². The van der Waals surface area contributed by atoms with E-state index in [0.717, 1.165) is 6.07 Å². The Bertz CT molecular complexity index is 567. The molecule has 7 heteroatoms. The van der Waals surface area contributed by atoms with Gasteiger partial charge in [0.05, 0.1) is 18.9 Å². The fourth-order valence-electron chi connectivity index (χ4n) is 3.08. The summed E-state index contributed by atoms with van der Waals surface area (Å²) < 4.78 is 45.3. The van der Waals surface area contributed by atoms with Gasteiger partial charge in [0.25, 0.3) is 0 Å². The van der Waals surface area contributed by atoms with Gasteiger partial charge in [0.1, 0.15) is 12.4 Å². The predicted molar refractivity (Wildman–Crippen MR) is 86.5 cm³/mol. The number of ether oxygens (including phenoxy) is 3. The van der Waals surface area contributed by atoms with Crippen LogP contribution in [0.4, 0.5) is 14.5 Å². The van der Waals surface area contributed by atoms with E-state index in [-0.39, 0.29) is 11.4 Å². The molecule has 0 aromatic heterocycles. The minimum Gasteiger partial charge on any atom is -0.489 e. The van der Waals surface area contributed by atoms with E-state index in [4.69, 9.17) is 14.2 Å². The lowest BCUT2D eigenvalue weighted by atomic mass is 10.0. The SMILES string of the molecule is CN(C)CCOc1cc(F)c(N2CCC3(CC2)OCCO3)cc1F. The Balaban J connectivity index is 1.65. The van der Waals surface area contributed by atoms with Crippen molar-refractivity contribution in [1.29, 1.82) is 0 Å². The molecule has 134 valence electrons. The fraction of sp³-hybridized carbons (Fsp3) is 0.647. The van der Waals surface area contributed by atoms with E-state index in [1.54, 1.807) is 0 Å². The molecule has 24 heavy (non-hydrogen) atoms. The third-order valence-electron chi connectivity index (χ3n) is 4.48. The number of piperidine rings is 1. The third-order valence-corrected chi connectivity index (χ3v) is 4.48. The lowest BCUT2D eigenvalue weighted by molar-refractivity contribution is -0.169. The van der Waals surface area contributed by atoms with Gasteiger partial charge in [0.2, 0.25) is 0 Å². The molecule has 0 bridgehead atoms. The first-order valence-corrected chi connectivity index (χ1v) is 8.28. The van der Waals surface area contributed by atoms with Gasteiger partial charge in [0.15, 0.2) is 17.4 Å². The van der Waals surface area contributed by atoms with Gasteiger partial charge in [0, 0.05) is 44.6 Å². The second-order valence-corrected chi connectivity index (χ2v) is 6.48. The zero-order chi connectivity index (χ0) is 17.2. The van der Waals surface area contributed by atoms with E-state index < -0.39 is 17.4 Å². The van der Waals surface area contributed by atoms with Crippen molar-refractivity contribution in [2.24, 2.45) is 0 Å². The Morgan fingerprint density at radius 2 is 1.79 bits per heavy atom. The molecule has 3 rings (SSSR count). The van der Waals surface area contributed by atoms with Gasteiger partial charge >= 0.3 is 0 Å². The van der Waals surface area contributed by atoms with Crippen LogP contribution in [0.15, 0.2) is 12.1 Å². The minimum absolute atomic E-state index is 0.0472. The van der Waals surface area contributed by atoms with Crippen LogP contribution in [0.2, 0.25) is 0 Å². The Morgan fingerprint density at radius 3 is 2.42 bits per heavy atom. The molecular formula is C17H24F2N2O3. The monoisotopic (exact) mass is 342 g/mol. The molecule has 1 spiro atoms. The van der Waals surface area contributed by atoms with E-state index in [2.05, 4.69) is 0 Å². The fourth-order valence-corrected chi connectivity index (χ4v) is 3.08. The number of nitrogens with zero attached hydrogens (tertiary/aromatic N) is 2. The first-order chi connectivity index (χ1) is 11.5. The Morgan fingerprint density at radius 1 is 1.12 bits per heavy atom. The van der Waals surface area contributed by atoms with Crippen LogP contribution in [-0.2, 0) is 9.47 Å². The lowest BCUT2D eigenvalue weighted by Crippen LogP contribution is -2.45. The Kier molecular flexibility index (Phi) is 5.22. The van der Waals surface area contributed by atoms with E-state index >= 15 is 0 Å². The number of anilines is 1. The highest BCUT2D eigenvalue weighted by Gasteiger charge is 2.40. The van der Waals surface area contributed by atoms with Gasteiger partial charge in [-0.05, 0) is 14.1 Å². The molecule has 1 aromatic carbocycles. The summed E-state index contributed by atoms with van der Waals surface area (Å²) in [5.41, 5.74) is 0.264. The highest BCUT2D eigenvalue weighted by atomic mass is 19.1. The van der Waals surface area contributed by atoms with Crippen molar-refractivity contribution in [3.05, 3.63) is 23.8 Å². The second kappa shape index (κ2) is 7.21. The summed E-state index contributed by atoms with van der Waals surface area (Å²) in [5, 5.41) is 0. The average molecular weight is 342 g/mol. The smallest absolute Gasteiger partial charge is 0.171 e. The summed E-state index contributed by atoms with van der Waals surface area (Å²) in [6.45, 7) is 3.28. The van der Waals surface area contributed by atoms with Crippen molar-refractivity contribution in [3.63, 3.8) is 0 Å². The van der Waals surface area contributed by atoms with Gasteiger partial charge in [-0.1, -0.05) is 0 Å². The summed E-state index contributed by atoms with van der Waals surface area (Å²) in [6.07, 6.45) is 1.30. The van der Waals surface area contributed by atoms with Crippen molar-refractivity contribution in [2.45, 2.75) is 18.6 Å². The molecule has 0 amide bonds. The predicted octanol–water partition coefficient (Wildman–Crippen LogP) is 2.25. The van der Waals surface area contributed by atoms with Gasteiger partial charge in [-0.25, -0.2) is 8.78 Å². The van der Waals surface area contributed by atoms with Gasteiger partial charge in [-0.3, -0.25) is 0 Å². The molecule has 0 atom stereocenters. The molecule has 5 nitrogen and oxygen atoms in total. The van der Waals surface area contributed by atoms with Crippen LogP contribution in [0.3, 0.4) is 0 Å². The van der Waals surface area contributed by atoms with E-state index in [0.29, 0.717) is 52.3 Å². The topological polar surface area (TPSA) is 34.2 Å². The van der Waals surface area contributed by atoms with Crippen molar-refractivity contribution >= 4 is 5.69 Å². The number of hydrogen-bond donors (Lipinski definition) is 0. The van der Waals surface area contributed by atoms with Crippen LogP contribution in [0.1, 0.15) is 12.8 Å². The molecule has 0 unspecified atom stereocenters. The lowest BCUT2D eigenvalue weighted by Gasteiger charge is -2.38. The van der Waals surface area contributed by atoms with Crippen LogP contribution in [-0.4, -0.2) is 64.2 Å². The molecule has 2 saturated heterocycles. The van der Waals surface area contributed by atoms with Gasteiger partial charge < -0.3 is 24.0 Å². The van der Waals surface area contributed by atoms with Crippen molar-refractivity contribution < 1.29 is 23.0 Å². The maximum absolute atomic E-state index is 14.4. The molecule has 2 fully saturated rings. The zero-order valence-electron chi connectivity index (χ0n) is 14.2. The Hall–Kier alpha value is -1.44. The summed E-state index contributed by atoms with van der Waals surface area (Å²) in [5.74, 6) is -1.59. The van der Waals surface area contributed by atoms with Crippen LogP contribution >= 0.6 is 0 Å². The van der Waals surface area contributed by atoms with Crippen molar-refractivity contribution in [2.75, 3.05) is 58.5 Å². The number of halogens is 2. The molecule has 1 aromatic rings. The standard InChI is InChI=1S/C17H24F2N2O3/c1-20(2)7-8-22-16-12-13(18)15(11-14(16)19)21-5-3-17(4-6-21)23-9-10-24-17/h11-12H,3-10H2,1-2H3. The maximum Gasteiger partial charge on any atom is 0.171 e.